The molecule has 1 aliphatic carbocycles. The normalized spacial score (nSPS) is 15.6. The minimum Gasteiger partial charge on any atom is -0.493 e. The summed E-state index contributed by atoms with van der Waals surface area (Å²) >= 11 is 1.47. The summed E-state index contributed by atoms with van der Waals surface area (Å²) in [5.41, 5.74) is 9.71. The predicted molar refractivity (Wildman–Crippen MR) is 117 cm³/mol. The molecular weight excluding hydrogens is 384 g/mol. The number of benzene rings is 2. The number of carbonyl (C=O) groups is 1. The van der Waals surface area contributed by atoms with E-state index in [0.717, 1.165) is 39.3 Å². The summed E-state index contributed by atoms with van der Waals surface area (Å²) in [5.74, 6) is 0.239. The van der Waals surface area contributed by atoms with Crippen LogP contribution in [0.3, 0.4) is 0 Å². The number of nitrogen functional groups attached to an aromatic ring is 1. The first-order valence-electron chi connectivity index (χ1n) is 10.1. The van der Waals surface area contributed by atoms with E-state index in [1.807, 2.05) is 24.3 Å². The fraction of sp³-hybridized carbons (Fsp3) is 0.391. The van der Waals surface area contributed by atoms with Gasteiger partial charge in [0.25, 0.3) is 0 Å². The lowest BCUT2D eigenvalue weighted by atomic mass is 9.96. The highest BCUT2D eigenvalue weighted by atomic mass is 32.1. The maximum atomic E-state index is 11.3. The monoisotopic (exact) mass is 410 g/mol. The second-order valence-corrected chi connectivity index (χ2v) is 9.03. The van der Waals surface area contributed by atoms with Crippen LogP contribution in [0, 0.1) is 11.8 Å². The first-order chi connectivity index (χ1) is 14.0. The zero-order valence-corrected chi connectivity index (χ0v) is 17.4. The van der Waals surface area contributed by atoms with E-state index in [0.29, 0.717) is 17.5 Å². The van der Waals surface area contributed by atoms with Gasteiger partial charge in [-0.05, 0) is 60.6 Å². The van der Waals surface area contributed by atoms with Crippen molar-refractivity contribution in [2.45, 2.75) is 39.0 Å². The zero-order chi connectivity index (χ0) is 20.4. The molecule has 5 nitrogen and oxygen atoms in total. The second kappa shape index (κ2) is 8.41. The average molecular weight is 411 g/mol. The number of nitrogens with two attached hydrogens (primary N) is 1. The van der Waals surface area contributed by atoms with Gasteiger partial charge in [-0.1, -0.05) is 43.2 Å². The van der Waals surface area contributed by atoms with E-state index in [2.05, 4.69) is 17.1 Å². The molecule has 1 fully saturated rings. The van der Waals surface area contributed by atoms with Gasteiger partial charge in [-0.25, -0.2) is 4.98 Å². The summed E-state index contributed by atoms with van der Waals surface area (Å²) in [7, 11) is 0. The molecule has 0 amide bonds. The van der Waals surface area contributed by atoms with Crippen molar-refractivity contribution in [2.75, 3.05) is 12.3 Å². The molecule has 3 N–H and O–H groups in total. The molecule has 0 radical (unpaired) electrons. The summed E-state index contributed by atoms with van der Waals surface area (Å²) in [6.45, 7) is 2.46. The molecule has 6 heteroatoms. The average Bonchev–Trinajstić information content (AvgIpc) is 3.34. The number of carboxylic acids is 1. The van der Waals surface area contributed by atoms with Crippen LogP contribution in [0.15, 0.2) is 36.4 Å². The second-order valence-electron chi connectivity index (χ2n) is 7.97. The first-order valence-corrected chi connectivity index (χ1v) is 11.0. The summed E-state index contributed by atoms with van der Waals surface area (Å²) < 4.78 is 7.29. The molecule has 152 valence electrons. The van der Waals surface area contributed by atoms with E-state index in [4.69, 9.17) is 10.5 Å². The Morgan fingerprint density at radius 1 is 1.28 bits per heavy atom. The van der Waals surface area contributed by atoms with Gasteiger partial charge in [0.1, 0.15) is 5.75 Å². The third-order valence-corrected chi connectivity index (χ3v) is 6.54. The number of rotatable bonds is 7. The van der Waals surface area contributed by atoms with E-state index < -0.39 is 11.9 Å². The van der Waals surface area contributed by atoms with Gasteiger partial charge >= 0.3 is 5.97 Å². The van der Waals surface area contributed by atoms with Crippen LogP contribution in [0.2, 0.25) is 0 Å². The van der Waals surface area contributed by atoms with Gasteiger partial charge in [-0.15, -0.1) is 0 Å². The number of ether oxygens (including phenoxy) is 1. The minimum absolute atomic E-state index is 0.436. The van der Waals surface area contributed by atoms with Gasteiger partial charge in [0.05, 0.1) is 22.7 Å². The van der Waals surface area contributed by atoms with E-state index in [9.17, 15) is 9.90 Å². The van der Waals surface area contributed by atoms with Crippen LogP contribution < -0.4 is 10.5 Å². The van der Waals surface area contributed by atoms with Crippen molar-refractivity contribution in [3.8, 4) is 16.9 Å². The van der Waals surface area contributed by atoms with Crippen LogP contribution in [0.1, 0.15) is 38.2 Å². The maximum Gasteiger partial charge on any atom is 0.306 e. The smallest absolute Gasteiger partial charge is 0.306 e. The summed E-state index contributed by atoms with van der Waals surface area (Å²) in [6, 6.07) is 12.1. The number of hydrogen-bond donors (Lipinski definition) is 2. The fourth-order valence-corrected chi connectivity index (χ4v) is 4.71. The molecule has 29 heavy (non-hydrogen) atoms. The molecule has 0 spiro atoms. The number of aliphatic carboxylic acids is 1. The largest absolute Gasteiger partial charge is 0.493 e. The molecule has 1 atom stereocenters. The van der Waals surface area contributed by atoms with Crippen molar-refractivity contribution in [1.29, 1.82) is 0 Å². The molecule has 0 aliphatic heterocycles. The highest BCUT2D eigenvalue weighted by molar-refractivity contribution is 7.22. The quantitative estimate of drug-likeness (QED) is 0.546. The number of thiazole rings is 1. The van der Waals surface area contributed by atoms with Crippen LogP contribution in [-0.4, -0.2) is 22.7 Å². The van der Waals surface area contributed by atoms with Crippen molar-refractivity contribution in [2.24, 2.45) is 11.8 Å². The molecule has 2 aromatic carbocycles. The number of carboxylic acid groups (broad SMARTS) is 1. The Morgan fingerprint density at radius 3 is 2.83 bits per heavy atom. The Kier molecular flexibility index (Phi) is 5.72. The van der Waals surface area contributed by atoms with Gasteiger partial charge in [0.15, 0.2) is 5.13 Å². The van der Waals surface area contributed by atoms with E-state index in [1.165, 1.54) is 37.0 Å². The van der Waals surface area contributed by atoms with Crippen molar-refractivity contribution in [3.63, 3.8) is 0 Å². The van der Waals surface area contributed by atoms with Crippen molar-refractivity contribution in [3.05, 3.63) is 42.0 Å². The lowest BCUT2D eigenvalue weighted by Crippen LogP contribution is -2.12. The highest BCUT2D eigenvalue weighted by Crippen LogP contribution is 2.36. The number of anilines is 1. The van der Waals surface area contributed by atoms with Crippen molar-refractivity contribution >= 4 is 32.7 Å². The SMILES string of the molecule is CC(Cc1ccc(OCC2CCCC2)c(-c2ccc3sc(N)nc3c2)c1)C(=O)O. The fourth-order valence-electron chi connectivity index (χ4n) is 3.99. The Balaban J connectivity index is 1.68. The molecule has 1 aliphatic rings. The number of fused-ring (bicyclic) bond motifs is 1. The van der Waals surface area contributed by atoms with Gasteiger partial charge in [0, 0.05) is 5.56 Å². The molecule has 4 rings (SSSR count). The zero-order valence-electron chi connectivity index (χ0n) is 16.6. The molecule has 0 saturated heterocycles. The molecule has 1 unspecified atom stereocenters. The third-order valence-electron chi connectivity index (χ3n) is 5.67. The highest BCUT2D eigenvalue weighted by Gasteiger charge is 2.18. The molecule has 0 bridgehead atoms. The Morgan fingerprint density at radius 2 is 2.07 bits per heavy atom. The van der Waals surface area contributed by atoms with Crippen molar-refractivity contribution in [1.82, 2.24) is 4.98 Å². The standard InChI is InChI=1S/C23H26N2O3S/c1-14(22(26)27)10-16-6-8-20(28-13-15-4-2-3-5-15)18(11-16)17-7-9-21-19(12-17)25-23(24)29-21/h6-9,11-12,14-15H,2-5,10,13H2,1H3,(H2,24,25)(H,26,27). The predicted octanol–water partition coefficient (Wildman–Crippen LogP) is 5.38. The van der Waals surface area contributed by atoms with Crippen LogP contribution in [-0.2, 0) is 11.2 Å². The van der Waals surface area contributed by atoms with E-state index in [1.54, 1.807) is 6.92 Å². The summed E-state index contributed by atoms with van der Waals surface area (Å²) in [6.07, 6.45) is 5.52. The topological polar surface area (TPSA) is 85.4 Å². The van der Waals surface area contributed by atoms with Gasteiger partial charge in [-0.3, -0.25) is 4.79 Å². The van der Waals surface area contributed by atoms with Crippen LogP contribution in [0.4, 0.5) is 5.13 Å². The van der Waals surface area contributed by atoms with Gasteiger partial charge in [0.2, 0.25) is 0 Å². The summed E-state index contributed by atoms with van der Waals surface area (Å²) in [5, 5.41) is 9.82. The third kappa shape index (κ3) is 4.53. The number of hydrogen-bond acceptors (Lipinski definition) is 5. The maximum absolute atomic E-state index is 11.3. The molecular formula is C23H26N2O3S. The number of aromatic nitrogens is 1. The van der Waals surface area contributed by atoms with Crippen LogP contribution in [0.5, 0.6) is 5.75 Å². The molecule has 1 aromatic heterocycles. The van der Waals surface area contributed by atoms with Gasteiger partial charge in [-0.2, -0.15) is 0 Å². The first kappa shape index (κ1) is 19.7. The Hall–Kier alpha value is -2.60. The molecule has 3 aromatic rings. The van der Waals surface area contributed by atoms with Gasteiger partial charge < -0.3 is 15.6 Å². The van der Waals surface area contributed by atoms with Crippen LogP contribution >= 0.6 is 11.3 Å². The Labute approximate surface area is 174 Å². The lowest BCUT2D eigenvalue weighted by Gasteiger charge is -2.17. The van der Waals surface area contributed by atoms with E-state index >= 15 is 0 Å². The van der Waals surface area contributed by atoms with Crippen LogP contribution in [0.25, 0.3) is 21.3 Å². The van der Waals surface area contributed by atoms with Crippen molar-refractivity contribution < 1.29 is 14.6 Å². The lowest BCUT2D eigenvalue weighted by molar-refractivity contribution is -0.141. The number of nitrogens with zero attached hydrogens (tertiary/aromatic N) is 1. The summed E-state index contributed by atoms with van der Waals surface area (Å²) in [4.78, 5) is 15.7. The van der Waals surface area contributed by atoms with E-state index in [-0.39, 0.29) is 0 Å². The molecule has 1 saturated carbocycles. The Bertz CT molecular complexity index is 1020. The minimum atomic E-state index is -0.785. The molecule has 1 heterocycles.